The summed E-state index contributed by atoms with van der Waals surface area (Å²) < 4.78 is 55.2. The molecular formula is C64H60BBrF3N4O2P5S25. The van der Waals surface area contributed by atoms with Crippen molar-refractivity contribution >= 4 is 374 Å². The molecule has 0 saturated carbocycles. The number of benzene rings is 6. The third-order valence-electron chi connectivity index (χ3n) is 16.3. The van der Waals surface area contributed by atoms with E-state index in [1.165, 1.54) is 127 Å². The molecule has 6 nitrogen and oxygen atoms in total. The lowest BCUT2D eigenvalue weighted by Crippen LogP contribution is -2.41. The molecule has 0 bridgehead atoms. The van der Waals surface area contributed by atoms with E-state index >= 15 is 0 Å². The Labute approximate surface area is 714 Å². The molecule has 4 atom stereocenters. The fraction of sp³-hybridized carbons (Fsp3) is 0.219. The molecule has 4 aromatic heterocycles. The van der Waals surface area contributed by atoms with Crippen molar-refractivity contribution < 1.29 is 22.5 Å². The number of hydrogen-bond acceptors (Lipinski definition) is 12. The minimum Gasteiger partial charge on any atom is -0.399 e. The highest BCUT2D eigenvalue weighted by Gasteiger charge is 2.54. The molecule has 3 aliphatic heterocycles. The molecule has 7 heterocycles. The molecule has 1 fully saturated rings. The van der Waals surface area contributed by atoms with Crippen LogP contribution >= 0.6 is 103 Å². The third-order valence-corrected chi connectivity index (χ3v) is 66.7. The maximum Gasteiger partial charge on any atom is 0.499 e. The smallest absolute Gasteiger partial charge is 0.399 e. The van der Waals surface area contributed by atoms with Gasteiger partial charge in [0.05, 0.1) is 57.4 Å². The lowest BCUT2D eigenvalue weighted by atomic mass is 9.73. The van der Waals surface area contributed by atoms with Gasteiger partial charge in [-0.25, -0.2) is 9.69 Å². The molecule has 0 aliphatic carbocycles. The molecule has 13 rings (SSSR count). The van der Waals surface area contributed by atoms with Gasteiger partial charge >= 0.3 is 13.3 Å². The van der Waals surface area contributed by atoms with Gasteiger partial charge in [0.15, 0.2) is 5.69 Å². The average Bonchev–Trinajstić information content (AvgIpc) is 1.71. The van der Waals surface area contributed by atoms with E-state index in [-0.39, 0.29) is 33.5 Å². The van der Waals surface area contributed by atoms with Crippen LogP contribution in [-0.4, -0.2) is 18.3 Å². The lowest BCUT2D eigenvalue weighted by molar-refractivity contribution is -0.136. The molecule has 0 N–H and O–H groups in total. The highest BCUT2D eigenvalue weighted by molar-refractivity contribution is 9.10. The SMILES string of the molecule is CC1(C)c2ccccc2N(c2sc3ccsc3c2B2OC(C)(C)C(C)(C)O2)c2ccccc21.PPP(P)P.S=S=S=S=S=S=S=S.S=S=S=S=S=S=S=S=S=S=S=S=S.[C-]#[N+]c1c(Br)cccc1C(F)(F)F.[C-]#[N+]c1c(C)cccc1-c1c(N2c3ccccc3C(C)(C)c3ccccc32)sc2ccsc12. The van der Waals surface area contributed by atoms with Crippen LogP contribution in [0.3, 0.4) is 0 Å². The van der Waals surface area contributed by atoms with Crippen molar-refractivity contribution in [3.63, 3.8) is 0 Å². The molecule has 554 valence electrons. The largest absolute Gasteiger partial charge is 0.499 e. The third kappa shape index (κ3) is 22.9. The van der Waals surface area contributed by atoms with Gasteiger partial charge in [0, 0.05) is 236 Å². The summed E-state index contributed by atoms with van der Waals surface area (Å²) in [7, 11) is 36.0. The number of nitrogens with zero attached hydrogens (tertiary/aromatic N) is 4. The van der Waals surface area contributed by atoms with Crippen molar-refractivity contribution in [1.82, 2.24) is 0 Å². The van der Waals surface area contributed by atoms with Crippen LogP contribution < -0.4 is 15.3 Å². The number of rotatable bonds is 5. The fourth-order valence-electron chi connectivity index (χ4n) is 11.2. The predicted octanol–water partition coefficient (Wildman–Crippen LogP) is 23.4. The maximum absolute atomic E-state index is 12.3. The van der Waals surface area contributed by atoms with Gasteiger partial charge in [-0.05, 0) is 122 Å². The van der Waals surface area contributed by atoms with Crippen molar-refractivity contribution in [1.29, 1.82) is 0 Å². The van der Waals surface area contributed by atoms with Crippen molar-refractivity contribution in [2.75, 3.05) is 9.80 Å². The van der Waals surface area contributed by atoms with E-state index in [1.807, 2.05) is 35.7 Å². The Bertz CT molecular complexity index is 5620. The number of anilines is 6. The van der Waals surface area contributed by atoms with Crippen LogP contribution in [0.4, 0.5) is 57.3 Å². The second kappa shape index (κ2) is 43.3. The topological polar surface area (TPSA) is 33.7 Å². The lowest BCUT2D eigenvalue weighted by Gasteiger charge is -2.41. The van der Waals surface area contributed by atoms with E-state index in [9.17, 15) is 13.2 Å². The number of para-hydroxylation sites is 6. The summed E-state index contributed by atoms with van der Waals surface area (Å²) in [4.78, 5) is 11.6. The van der Waals surface area contributed by atoms with Crippen LogP contribution in [0.5, 0.6) is 0 Å². The van der Waals surface area contributed by atoms with Gasteiger partial charge in [0.25, 0.3) is 0 Å². The van der Waals surface area contributed by atoms with Crippen molar-refractivity contribution in [3.8, 4) is 11.1 Å². The van der Waals surface area contributed by atoms with E-state index < -0.39 is 24.5 Å². The van der Waals surface area contributed by atoms with Gasteiger partial charge in [-0.2, -0.15) is 13.2 Å². The monoisotopic (exact) mass is 2020 g/mol. The molecule has 41 heteroatoms. The Morgan fingerprint density at radius 1 is 0.514 bits per heavy atom. The van der Waals surface area contributed by atoms with E-state index in [0.717, 1.165) is 36.3 Å². The van der Waals surface area contributed by atoms with Crippen molar-refractivity contribution in [2.24, 2.45) is 0 Å². The first kappa shape index (κ1) is 90.8. The van der Waals surface area contributed by atoms with E-state index in [2.05, 4.69) is 272 Å². The molecule has 0 spiro atoms. The van der Waals surface area contributed by atoms with Gasteiger partial charge in [-0.1, -0.05) is 161 Å². The molecule has 105 heavy (non-hydrogen) atoms. The van der Waals surface area contributed by atoms with Crippen LogP contribution in [0.15, 0.2) is 161 Å². The highest BCUT2D eigenvalue weighted by Crippen LogP contribution is 2.71. The minimum atomic E-state index is -4.47. The molecule has 4 unspecified atom stereocenters. The van der Waals surface area contributed by atoms with Crippen LogP contribution in [0, 0.1) is 20.1 Å². The van der Waals surface area contributed by atoms with Crippen LogP contribution in [0.2, 0.25) is 0 Å². The number of thiophene rings is 4. The predicted molar refractivity (Wildman–Crippen MR) is 530 cm³/mol. The summed E-state index contributed by atoms with van der Waals surface area (Å²) in [6, 6.07) is 49.3. The van der Waals surface area contributed by atoms with E-state index in [0.29, 0.717) is 0 Å². The molecular weight excluding hydrogens is 1960 g/mol. The van der Waals surface area contributed by atoms with E-state index in [1.54, 1.807) is 138 Å². The summed E-state index contributed by atoms with van der Waals surface area (Å²) in [6.07, 6.45) is -4.47. The summed E-state index contributed by atoms with van der Waals surface area (Å²) in [5, 5.41) is 6.69. The van der Waals surface area contributed by atoms with Gasteiger partial charge < -0.3 is 19.1 Å². The average molecular weight is 2020 g/mol. The Morgan fingerprint density at radius 2 is 0.876 bits per heavy atom. The number of halogens is 4. The second-order valence-corrected chi connectivity index (χ2v) is 72.2. The first-order chi connectivity index (χ1) is 50.2. The Balaban J connectivity index is 0.000000179. The van der Waals surface area contributed by atoms with Crippen molar-refractivity contribution in [2.45, 2.75) is 90.5 Å². The standard InChI is InChI=1S/C29H22N2S2.C27H28BNO2S2.C8H3BrF3N.H7P5.S13.S8/c1-18-10-9-11-19(26(18)30-4)25-27-24(16-17-32-27)33-28(25)31-22-14-7-5-12-20(22)29(2,3)21-13-6-8-15-23(21)31;1-25(2)17-11-7-9-13-19(17)29(20-14-10-8-12-18(20)25)24-22(23-21(33-24)15-16-32-23)28-30-26(3,4)27(5,6)31-28;1-13-7-5(8(10,11)12)3-2-4-6(7)9;1-4-5(2)3;1-3-5-7-9-11-13-12-10-8-6-4-2;1-3-5-7-8-6-4-2/h5-17H,1-3H3;7-16H,1-6H3;2-4H;4H,1-3H2;;. The first-order valence-electron chi connectivity index (χ1n) is 29.8. The summed E-state index contributed by atoms with van der Waals surface area (Å²) in [6.45, 7) is 34.5. The van der Waals surface area contributed by atoms with Gasteiger partial charge in [-0.15, -0.1) is 72.1 Å². The zero-order valence-electron chi connectivity index (χ0n) is 56.1. The normalized spacial score (nSPS) is 14.1. The zero-order valence-corrected chi connectivity index (χ0v) is 83.4. The zero-order chi connectivity index (χ0) is 76.3. The quantitative estimate of drug-likeness (QED) is 0.0958. The summed E-state index contributed by atoms with van der Waals surface area (Å²) in [5.41, 5.74) is 13.0. The Morgan fingerprint density at radius 3 is 1.26 bits per heavy atom. The van der Waals surface area contributed by atoms with Gasteiger partial charge in [-0.3, -0.25) is 0 Å². The van der Waals surface area contributed by atoms with Gasteiger partial charge in [0.2, 0.25) is 5.69 Å². The van der Waals surface area contributed by atoms with Gasteiger partial charge in [0.1, 0.15) is 10.0 Å². The maximum atomic E-state index is 12.3. The summed E-state index contributed by atoms with van der Waals surface area (Å²) >= 11 is 28.7. The molecule has 3 aliphatic rings. The van der Waals surface area contributed by atoms with Crippen molar-refractivity contribution in [3.05, 3.63) is 217 Å². The number of alkyl halides is 3. The Hall–Kier alpha value is 0.245. The fourth-order valence-corrected chi connectivity index (χ4v) is 52.1. The second-order valence-electron chi connectivity index (χ2n) is 23.4. The molecule has 0 amide bonds. The van der Waals surface area contributed by atoms with Crippen LogP contribution in [0.25, 0.3) is 39.6 Å². The summed E-state index contributed by atoms with van der Waals surface area (Å²) in [5.74, 6) is 0. The number of fused-ring (bicyclic) bond motifs is 6. The van der Waals surface area contributed by atoms with E-state index in [4.69, 9.17) is 44.8 Å². The molecule has 0 radical (unpaired) electrons. The van der Waals surface area contributed by atoms with Crippen LogP contribution in [0.1, 0.15) is 88.8 Å². The minimum absolute atomic E-state index is 0.0805. The number of aryl methyl sites for hydroxylation is 1. The first-order valence-corrected chi connectivity index (χ1v) is 67.6. The molecule has 10 aromatic rings. The molecule has 1 saturated heterocycles. The Kier molecular flexibility index (Phi) is 37.4. The molecule has 6 aromatic carbocycles. The highest BCUT2D eigenvalue weighted by atomic mass is 79.9. The number of hydrogen-bond donors (Lipinski definition) is 0. The van der Waals surface area contributed by atoms with Crippen LogP contribution in [-0.2, 0) is 222 Å².